The number of aromatic nitrogens is 2. The summed E-state index contributed by atoms with van der Waals surface area (Å²) in [5.74, 6) is 1.31. The summed E-state index contributed by atoms with van der Waals surface area (Å²) in [6.07, 6.45) is -0.535. The fourth-order valence-electron chi connectivity index (χ4n) is 3.60. The molecule has 1 saturated carbocycles. The molecule has 1 N–H and O–H groups in total. The number of hydrogen-bond acceptors (Lipinski definition) is 4. The van der Waals surface area contributed by atoms with Gasteiger partial charge in [-0.05, 0) is 37.2 Å². The van der Waals surface area contributed by atoms with E-state index in [2.05, 4.69) is 0 Å². The fraction of sp³-hybridized carbons (Fsp3) is 0.750. The average Bonchev–Trinajstić information content (AvgIpc) is 3.05. The molecule has 0 atom stereocenters. The standard InChI is InChI=1S/C16H21F3N2O3S/c17-16(18,19)12-9-20(11-3-1-2-4-11)14(23)21(13(12)22)10-15(24)5-7-25-8-6-15/h9,11,24H,1-8,10H2. The van der Waals surface area contributed by atoms with Gasteiger partial charge in [-0.25, -0.2) is 4.79 Å². The Bertz CT molecular complexity index is 744. The number of thioether (sulfide) groups is 1. The topological polar surface area (TPSA) is 64.2 Å². The summed E-state index contributed by atoms with van der Waals surface area (Å²) in [5, 5.41) is 10.6. The van der Waals surface area contributed by atoms with Crippen molar-refractivity contribution in [3.63, 3.8) is 0 Å². The number of alkyl halides is 3. The largest absolute Gasteiger partial charge is 0.423 e. The molecular formula is C16H21F3N2O3S. The summed E-state index contributed by atoms with van der Waals surface area (Å²) in [5.41, 5.74) is -4.77. The minimum atomic E-state index is -4.84. The van der Waals surface area contributed by atoms with Gasteiger partial charge in [0.05, 0.1) is 12.1 Å². The summed E-state index contributed by atoms with van der Waals surface area (Å²) < 4.78 is 41.6. The molecule has 3 rings (SSSR count). The summed E-state index contributed by atoms with van der Waals surface area (Å²) >= 11 is 1.64. The van der Waals surface area contributed by atoms with Gasteiger partial charge in [0.25, 0.3) is 5.56 Å². The van der Waals surface area contributed by atoms with Crippen LogP contribution in [0.15, 0.2) is 15.8 Å². The molecule has 140 valence electrons. The van der Waals surface area contributed by atoms with Crippen LogP contribution >= 0.6 is 11.8 Å². The Morgan fingerprint density at radius 3 is 2.36 bits per heavy atom. The summed E-state index contributed by atoms with van der Waals surface area (Å²) in [6, 6.07) is -0.322. The molecule has 0 bridgehead atoms. The second-order valence-corrected chi connectivity index (χ2v) is 8.12. The van der Waals surface area contributed by atoms with E-state index in [9.17, 15) is 27.9 Å². The Kier molecular flexibility index (Phi) is 5.07. The predicted molar refractivity (Wildman–Crippen MR) is 89.0 cm³/mol. The normalized spacial score (nSPS) is 21.6. The SMILES string of the molecule is O=c1c(C(F)(F)F)cn(C2CCCC2)c(=O)n1CC1(O)CCSCC1. The minimum Gasteiger partial charge on any atom is -0.388 e. The molecular weight excluding hydrogens is 357 g/mol. The Hall–Kier alpha value is -1.22. The van der Waals surface area contributed by atoms with Crippen LogP contribution in [0, 0.1) is 0 Å². The smallest absolute Gasteiger partial charge is 0.388 e. The van der Waals surface area contributed by atoms with Gasteiger partial charge in [-0.1, -0.05) is 12.8 Å². The molecule has 2 fully saturated rings. The van der Waals surface area contributed by atoms with E-state index in [-0.39, 0.29) is 12.6 Å². The van der Waals surface area contributed by atoms with E-state index in [1.165, 1.54) is 0 Å². The highest BCUT2D eigenvalue weighted by molar-refractivity contribution is 7.99. The first-order valence-electron chi connectivity index (χ1n) is 8.45. The van der Waals surface area contributed by atoms with Gasteiger partial charge in [0.15, 0.2) is 0 Å². The monoisotopic (exact) mass is 378 g/mol. The highest BCUT2D eigenvalue weighted by Gasteiger charge is 2.39. The third kappa shape index (κ3) is 3.81. The maximum atomic E-state index is 13.3. The molecule has 9 heteroatoms. The molecule has 2 heterocycles. The van der Waals surface area contributed by atoms with Gasteiger partial charge in [-0.3, -0.25) is 13.9 Å². The summed E-state index contributed by atoms with van der Waals surface area (Å²) in [7, 11) is 0. The van der Waals surface area contributed by atoms with Gasteiger partial charge in [-0.2, -0.15) is 24.9 Å². The minimum absolute atomic E-state index is 0.322. The van der Waals surface area contributed by atoms with Gasteiger partial charge in [0.1, 0.15) is 5.56 Å². The lowest BCUT2D eigenvalue weighted by atomic mass is 9.97. The van der Waals surface area contributed by atoms with Crippen LogP contribution in [0.2, 0.25) is 0 Å². The molecule has 5 nitrogen and oxygen atoms in total. The van der Waals surface area contributed by atoms with Crippen LogP contribution in [0.1, 0.15) is 50.1 Å². The van der Waals surface area contributed by atoms with Crippen LogP contribution in [-0.2, 0) is 12.7 Å². The molecule has 0 aromatic carbocycles. The average molecular weight is 378 g/mol. The maximum Gasteiger partial charge on any atom is 0.423 e. The van der Waals surface area contributed by atoms with Crippen LogP contribution in [0.3, 0.4) is 0 Å². The molecule has 0 radical (unpaired) electrons. The molecule has 0 unspecified atom stereocenters. The van der Waals surface area contributed by atoms with Crippen molar-refractivity contribution in [3.8, 4) is 0 Å². The van der Waals surface area contributed by atoms with Crippen LogP contribution < -0.4 is 11.2 Å². The Morgan fingerprint density at radius 2 is 1.80 bits per heavy atom. The zero-order chi connectivity index (χ0) is 18.2. The van der Waals surface area contributed by atoms with Crippen molar-refractivity contribution < 1.29 is 18.3 Å². The molecule has 0 amide bonds. The van der Waals surface area contributed by atoms with Crippen molar-refractivity contribution in [1.29, 1.82) is 0 Å². The van der Waals surface area contributed by atoms with Crippen molar-refractivity contribution in [2.45, 2.75) is 62.9 Å². The van der Waals surface area contributed by atoms with Crippen LogP contribution in [-0.4, -0.2) is 31.3 Å². The molecule has 1 aromatic rings. The molecule has 0 spiro atoms. The molecule has 25 heavy (non-hydrogen) atoms. The fourth-order valence-corrected chi connectivity index (χ4v) is 4.86. The summed E-state index contributed by atoms with van der Waals surface area (Å²) in [6.45, 7) is -0.387. The zero-order valence-electron chi connectivity index (χ0n) is 13.7. The number of halogens is 3. The molecule has 1 aliphatic carbocycles. The summed E-state index contributed by atoms with van der Waals surface area (Å²) in [4.78, 5) is 25.0. The first-order chi connectivity index (χ1) is 11.7. The maximum absolute atomic E-state index is 13.3. The van der Waals surface area contributed by atoms with E-state index in [0.29, 0.717) is 48.0 Å². The number of aliphatic hydroxyl groups is 1. The van der Waals surface area contributed by atoms with Crippen molar-refractivity contribution in [2.24, 2.45) is 0 Å². The lowest BCUT2D eigenvalue weighted by molar-refractivity contribution is -0.139. The van der Waals surface area contributed by atoms with Crippen LogP contribution in [0.25, 0.3) is 0 Å². The number of hydrogen-bond donors (Lipinski definition) is 1. The van der Waals surface area contributed by atoms with Crippen molar-refractivity contribution in [1.82, 2.24) is 9.13 Å². The third-order valence-corrected chi connectivity index (χ3v) is 6.08. The molecule has 1 aromatic heterocycles. The van der Waals surface area contributed by atoms with E-state index in [1.54, 1.807) is 11.8 Å². The van der Waals surface area contributed by atoms with E-state index < -0.39 is 28.6 Å². The number of nitrogens with zero attached hydrogens (tertiary/aromatic N) is 2. The lowest BCUT2D eigenvalue weighted by Gasteiger charge is -2.32. The second kappa shape index (κ2) is 6.83. The first kappa shape index (κ1) is 18.6. The van der Waals surface area contributed by atoms with E-state index >= 15 is 0 Å². The van der Waals surface area contributed by atoms with E-state index in [4.69, 9.17) is 0 Å². The Morgan fingerprint density at radius 1 is 1.20 bits per heavy atom. The second-order valence-electron chi connectivity index (χ2n) is 6.90. The zero-order valence-corrected chi connectivity index (χ0v) is 14.5. The van der Waals surface area contributed by atoms with Crippen molar-refractivity contribution in [3.05, 3.63) is 32.6 Å². The highest BCUT2D eigenvalue weighted by Crippen LogP contribution is 2.32. The Balaban J connectivity index is 2.10. The molecule has 1 aliphatic heterocycles. The van der Waals surface area contributed by atoms with E-state index in [1.807, 2.05) is 0 Å². The van der Waals surface area contributed by atoms with Gasteiger partial charge in [0.2, 0.25) is 0 Å². The van der Waals surface area contributed by atoms with Crippen molar-refractivity contribution >= 4 is 11.8 Å². The molecule has 1 saturated heterocycles. The van der Waals surface area contributed by atoms with Crippen LogP contribution in [0.4, 0.5) is 13.2 Å². The van der Waals surface area contributed by atoms with Gasteiger partial charge in [-0.15, -0.1) is 0 Å². The lowest BCUT2D eigenvalue weighted by Crippen LogP contribution is -2.50. The van der Waals surface area contributed by atoms with Gasteiger partial charge in [0, 0.05) is 12.2 Å². The molecule has 2 aliphatic rings. The van der Waals surface area contributed by atoms with E-state index in [0.717, 1.165) is 17.4 Å². The van der Waals surface area contributed by atoms with Gasteiger partial charge < -0.3 is 5.11 Å². The third-order valence-electron chi connectivity index (χ3n) is 5.09. The Labute approximate surface area is 146 Å². The highest BCUT2D eigenvalue weighted by atomic mass is 32.2. The van der Waals surface area contributed by atoms with Gasteiger partial charge >= 0.3 is 11.9 Å². The number of rotatable bonds is 3. The van der Waals surface area contributed by atoms with Crippen molar-refractivity contribution in [2.75, 3.05) is 11.5 Å². The van der Waals surface area contributed by atoms with Crippen LogP contribution in [0.5, 0.6) is 0 Å². The first-order valence-corrected chi connectivity index (χ1v) is 9.60. The predicted octanol–water partition coefficient (Wildman–Crippen LogP) is 2.40. The quantitative estimate of drug-likeness (QED) is 0.877.